The molecule has 16 heteroatoms. The number of ketones is 1. The minimum atomic E-state index is -0.388. The van der Waals surface area contributed by atoms with E-state index in [-0.39, 0.29) is 16.4 Å². The molecule has 65 heavy (non-hydrogen) atoms. The molecule has 0 bridgehead atoms. The third-order valence-electron chi connectivity index (χ3n) is 11.0. The second-order valence-electron chi connectivity index (χ2n) is 15.2. The van der Waals surface area contributed by atoms with Crippen molar-refractivity contribution in [3.05, 3.63) is 117 Å². The SMILES string of the molecule is CCN(CCc1ccc([N+](=O)[O-])cc1)c1ccc2c(c1)Oc1cc(N(CCOCCOC)CCOCCOC)ccc1C2=C1C=CC(N(CCOCCOC)CCOCCOC)=CC1=O. The molecule has 1 aliphatic carbocycles. The van der Waals surface area contributed by atoms with Gasteiger partial charge in [-0.3, -0.25) is 14.9 Å². The van der Waals surface area contributed by atoms with Crippen molar-refractivity contribution in [3.63, 3.8) is 0 Å². The number of hydrogen-bond donors (Lipinski definition) is 0. The van der Waals surface area contributed by atoms with Gasteiger partial charge in [0.2, 0.25) is 0 Å². The molecule has 5 rings (SSSR count). The largest absolute Gasteiger partial charge is 0.456 e. The van der Waals surface area contributed by atoms with Crippen LogP contribution < -0.4 is 14.5 Å². The van der Waals surface area contributed by atoms with Gasteiger partial charge >= 0.3 is 0 Å². The van der Waals surface area contributed by atoms with Crippen molar-refractivity contribution in [3.8, 4) is 11.5 Å². The Labute approximate surface area is 383 Å². The van der Waals surface area contributed by atoms with E-state index in [4.69, 9.17) is 42.6 Å². The molecule has 3 aromatic rings. The van der Waals surface area contributed by atoms with Crippen molar-refractivity contribution in [1.29, 1.82) is 0 Å². The highest BCUT2D eigenvalue weighted by Gasteiger charge is 2.29. The average Bonchev–Trinajstić information content (AvgIpc) is 3.32. The molecule has 0 saturated heterocycles. The lowest BCUT2D eigenvalue weighted by molar-refractivity contribution is -0.384. The molecule has 0 aromatic heterocycles. The van der Waals surface area contributed by atoms with Crippen LogP contribution in [0.2, 0.25) is 0 Å². The fourth-order valence-corrected chi connectivity index (χ4v) is 7.40. The molecule has 0 spiro atoms. The number of nitro groups is 1. The number of fused-ring (bicyclic) bond motifs is 2. The lowest BCUT2D eigenvalue weighted by Gasteiger charge is -2.31. The minimum Gasteiger partial charge on any atom is -0.456 e. The van der Waals surface area contributed by atoms with Gasteiger partial charge in [0.25, 0.3) is 5.69 Å². The standard InChI is InChI=1S/C49H66N4O12/c1-6-50(18-17-38-7-9-39(10-8-38)53(55)56)41-12-15-44-47(36-41)65-48-37-42(52(21-25-63-33-29-59-4)22-26-64-34-30-60-5)13-16-45(48)49(44)43-14-11-40(35-46(43)54)51(19-23-61-31-27-57-2)20-24-62-32-28-58-3/h7-16,35-37H,6,17-34H2,1-5H3. The summed E-state index contributed by atoms with van der Waals surface area (Å²) >= 11 is 0. The number of nitrogens with zero attached hydrogens (tertiary/aromatic N) is 4. The molecule has 0 radical (unpaired) electrons. The number of carbonyl (C=O) groups is 1. The average molecular weight is 903 g/mol. The first-order valence-electron chi connectivity index (χ1n) is 22.2. The van der Waals surface area contributed by atoms with Crippen LogP contribution in [0.5, 0.6) is 11.5 Å². The molecular weight excluding hydrogens is 837 g/mol. The van der Waals surface area contributed by atoms with E-state index in [0.29, 0.717) is 142 Å². The predicted octanol–water partition coefficient (Wildman–Crippen LogP) is 6.35. The van der Waals surface area contributed by atoms with Crippen molar-refractivity contribution in [1.82, 2.24) is 4.90 Å². The van der Waals surface area contributed by atoms with E-state index in [1.807, 2.05) is 36.4 Å². The number of nitro benzene ring substituents is 1. The highest BCUT2D eigenvalue weighted by molar-refractivity contribution is 6.16. The van der Waals surface area contributed by atoms with E-state index in [0.717, 1.165) is 39.3 Å². The van der Waals surface area contributed by atoms with Crippen LogP contribution in [0.3, 0.4) is 0 Å². The quantitative estimate of drug-likeness (QED) is 0.0231. The van der Waals surface area contributed by atoms with Crippen molar-refractivity contribution < 1.29 is 52.3 Å². The molecule has 0 unspecified atom stereocenters. The van der Waals surface area contributed by atoms with Gasteiger partial charge in [0.05, 0.1) is 84.2 Å². The van der Waals surface area contributed by atoms with Gasteiger partial charge in [0.1, 0.15) is 11.5 Å². The molecule has 0 atom stereocenters. The topological polar surface area (TPSA) is 153 Å². The summed E-state index contributed by atoms with van der Waals surface area (Å²) in [7, 11) is 6.58. The number of methoxy groups -OCH3 is 4. The second kappa shape index (κ2) is 28.0. The number of rotatable bonds is 32. The van der Waals surface area contributed by atoms with Crippen LogP contribution >= 0.6 is 0 Å². The van der Waals surface area contributed by atoms with E-state index >= 15 is 0 Å². The number of ether oxygens (including phenoxy) is 9. The Hall–Kier alpha value is -5.17. The second-order valence-corrected chi connectivity index (χ2v) is 15.2. The van der Waals surface area contributed by atoms with Gasteiger partial charge in [-0.2, -0.15) is 0 Å². The van der Waals surface area contributed by atoms with E-state index in [9.17, 15) is 14.9 Å². The van der Waals surface area contributed by atoms with Crippen LogP contribution in [0.15, 0.2) is 90.2 Å². The summed E-state index contributed by atoms with van der Waals surface area (Å²) in [4.78, 5) is 31.9. The number of allylic oxidation sites excluding steroid dienone is 4. The summed E-state index contributed by atoms with van der Waals surface area (Å²) in [5.74, 6) is 1.12. The smallest absolute Gasteiger partial charge is 0.269 e. The summed E-state index contributed by atoms with van der Waals surface area (Å²) in [6.45, 7) is 11.6. The molecular formula is C49H66N4O12. The summed E-state index contributed by atoms with van der Waals surface area (Å²) in [6, 6.07) is 18.9. The molecule has 3 aromatic carbocycles. The maximum Gasteiger partial charge on any atom is 0.269 e. The molecule has 0 fully saturated rings. The Balaban J connectivity index is 1.49. The molecule has 1 heterocycles. The van der Waals surface area contributed by atoms with E-state index in [1.165, 1.54) is 12.1 Å². The lowest BCUT2D eigenvalue weighted by Crippen LogP contribution is -2.32. The zero-order valence-corrected chi connectivity index (χ0v) is 38.6. The van der Waals surface area contributed by atoms with Crippen LogP contribution in [0.25, 0.3) is 5.57 Å². The molecule has 16 nitrogen and oxygen atoms in total. The Bertz CT molecular complexity index is 2010. The van der Waals surface area contributed by atoms with Crippen LogP contribution in [-0.2, 0) is 49.1 Å². The number of anilines is 2. The Morgan fingerprint density at radius 3 is 1.49 bits per heavy atom. The predicted molar refractivity (Wildman–Crippen MR) is 250 cm³/mol. The molecule has 1 aliphatic heterocycles. The fraction of sp³-hybridized carbons (Fsp3) is 0.490. The van der Waals surface area contributed by atoms with Crippen molar-refractivity contribution in [2.24, 2.45) is 0 Å². The Kier molecular flexibility index (Phi) is 21.9. The van der Waals surface area contributed by atoms with Crippen LogP contribution in [0.1, 0.15) is 23.6 Å². The van der Waals surface area contributed by atoms with Gasteiger partial charge < -0.3 is 57.3 Å². The molecule has 354 valence electrons. The monoisotopic (exact) mass is 902 g/mol. The molecule has 2 aliphatic rings. The maximum atomic E-state index is 14.5. The first-order valence-corrected chi connectivity index (χ1v) is 22.2. The van der Waals surface area contributed by atoms with Crippen molar-refractivity contribution in [2.45, 2.75) is 13.3 Å². The number of likely N-dealkylation sites (N-methyl/N-ethyl adjacent to an activating group) is 1. The number of carbonyl (C=O) groups excluding carboxylic acids is 1. The highest BCUT2D eigenvalue weighted by atomic mass is 16.6. The third-order valence-corrected chi connectivity index (χ3v) is 11.0. The lowest BCUT2D eigenvalue weighted by atomic mass is 9.86. The van der Waals surface area contributed by atoms with Crippen LogP contribution in [0.4, 0.5) is 17.1 Å². The Morgan fingerprint density at radius 1 is 0.569 bits per heavy atom. The highest BCUT2D eigenvalue weighted by Crippen LogP contribution is 2.48. The summed E-state index contributed by atoms with van der Waals surface area (Å²) < 4.78 is 50.8. The van der Waals surface area contributed by atoms with Crippen LogP contribution in [0, 0.1) is 10.1 Å². The first kappa shape index (κ1) is 50.8. The third kappa shape index (κ3) is 15.5. The zero-order chi connectivity index (χ0) is 46.2. The molecule has 0 saturated carbocycles. The van der Waals surface area contributed by atoms with Crippen LogP contribution in [-0.4, -0.2) is 163 Å². The number of non-ortho nitro benzene ring substituents is 1. The number of hydrogen-bond acceptors (Lipinski definition) is 15. The summed E-state index contributed by atoms with van der Waals surface area (Å²) in [5.41, 5.74) is 6.63. The fourth-order valence-electron chi connectivity index (χ4n) is 7.40. The van der Waals surface area contributed by atoms with Gasteiger partial charge in [-0.15, -0.1) is 0 Å². The number of benzene rings is 3. The summed E-state index contributed by atoms with van der Waals surface area (Å²) in [6.07, 6.45) is 6.27. The van der Waals surface area contributed by atoms with Gasteiger partial charge in [-0.05, 0) is 55.3 Å². The molecule has 0 N–H and O–H groups in total. The Morgan fingerprint density at radius 2 is 1.05 bits per heavy atom. The summed E-state index contributed by atoms with van der Waals surface area (Å²) in [5, 5.41) is 11.2. The molecule has 0 amide bonds. The van der Waals surface area contributed by atoms with Crippen molar-refractivity contribution in [2.75, 3.05) is 157 Å². The van der Waals surface area contributed by atoms with Gasteiger partial charge in [0.15, 0.2) is 5.78 Å². The maximum absolute atomic E-state index is 14.5. The van der Waals surface area contributed by atoms with E-state index in [2.05, 4.69) is 33.8 Å². The zero-order valence-electron chi connectivity index (χ0n) is 38.6. The minimum absolute atomic E-state index is 0.0669. The first-order chi connectivity index (χ1) is 31.8. The van der Waals surface area contributed by atoms with Gasteiger partial charge in [-0.1, -0.05) is 12.1 Å². The normalized spacial score (nSPS) is 14.2. The van der Waals surface area contributed by atoms with Crippen molar-refractivity contribution >= 4 is 28.4 Å². The van der Waals surface area contributed by atoms with Gasteiger partial charge in [-0.25, -0.2) is 0 Å². The van der Waals surface area contributed by atoms with E-state index < -0.39 is 0 Å². The van der Waals surface area contributed by atoms with Gasteiger partial charge in [0, 0.05) is 137 Å². The van der Waals surface area contributed by atoms with E-state index in [1.54, 1.807) is 46.6 Å².